The van der Waals surface area contributed by atoms with E-state index in [9.17, 15) is 4.79 Å². The summed E-state index contributed by atoms with van der Waals surface area (Å²) < 4.78 is 5.15. The van der Waals surface area contributed by atoms with Crippen LogP contribution in [0.4, 0.5) is 5.69 Å². The molecule has 34 heavy (non-hydrogen) atoms. The van der Waals surface area contributed by atoms with E-state index in [2.05, 4.69) is 46.2 Å². The number of nitrogens with zero attached hydrogens (tertiary/aromatic N) is 2. The van der Waals surface area contributed by atoms with E-state index in [0.717, 1.165) is 56.2 Å². The average molecular weight is 477 g/mol. The van der Waals surface area contributed by atoms with Crippen molar-refractivity contribution < 1.29 is 9.53 Å². The van der Waals surface area contributed by atoms with Gasteiger partial charge in [0, 0.05) is 36.9 Å². The second kappa shape index (κ2) is 11.1. The molecule has 3 aromatic rings. The van der Waals surface area contributed by atoms with Gasteiger partial charge in [-0.1, -0.05) is 66.2 Å². The number of ether oxygens (including phenoxy) is 1. The molecule has 1 fully saturated rings. The molecule has 1 unspecified atom stereocenters. The summed E-state index contributed by atoms with van der Waals surface area (Å²) >= 11 is 6.01. The van der Waals surface area contributed by atoms with Crippen LogP contribution >= 0.6 is 11.6 Å². The summed E-state index contributed by atoms with van der Waals surface area (Å²) in [5, 5.41) is 0.758. The molecule has 0 amide bonds. The van der Waals surface area contributed by atoms with Gasteiger partial charge in [0.15, 0.2) is 0 Å². The lowest BCUT2D eigenvalue weighted by atomic mass is 9.78. The molecule has 1 atom stereocenters. The van der Waals surface area contributed by atoms with Crippen molar-refractivity contribution in [3.63, 3.8) is 0 Å². The number of benzene rings is 3. The van der Waals surface area contributed by atoms with Crippen molar-refractivity contribution >= 4 is 23.3 Å². The molecule has 4 rings (SSSR count). The van der Waals surface area contributed by atoms with Crippen molar-refractivity contribution in [2.75, 3.05) is 44.7 Å². The summed E-state index contributed by atoms with van der Waals surface area (Å²) in [7, 11) is 1.48. The summed E-state index contributed by atoms with van der Waals surface area (Å²) in [6, 6.07) is 26.7. The number of piperazine rings is 1. The molecule has 1 aliphatic rings. The minimum Gasteiger partial charge on any atom is -0.468 e. The van der Waals surface area contributed by atoms with Gasteiger partial charge in [0.05, 0.1) is 12.5 Å². The van der Waals surface area contributed by atoms with Crippen molar-refractivity contribution in [1.82, 2.24) is 4.90 Å². The summed E-state index contributed by atoms with van der Waals surface area (Å²) in [6.07, 6.45) is 1.73. The normalized spacial score (nSPS) is 16.1. The van der Waals surface area contributed by atoms with Crippen LogP contribution in [0.15, 0.2) is 78.9 Å². The second-order valence-corrected chi connectivity index (χ2v) is 9.61. The molecule has 0 aliphatic carbocycles. The third kappa shape index (κ3) is 5.63. The van der Waals surface area contributed by atoms with Crippen molar-refractivity contribution in [2.45, 2.75) is 25.2 Å². The van der Waals surface area contributed by atoms with E-state index < -0.39 is 5.41 Å². The van der Waals surface area contributed by atoms with Crippen LogP contribution in [0.2, 0.25) is 5.02 Å². The van der Waals surface area contributed by atoms with E-state index in [1.807, 2.05) is 49.4 Å². The largest absolute Gasteiger partial charge is 0.468 e. The third-order valence-corrected chi connectivity index (χ3v) is 7.23. The SMILES string of the molecule is COC(=O)C(C)(CCCN1CCN(c2ccc(-c3ccc(Cl)cc3)cc2)CC1)c1ccccc1. The molecule has 1 saturated heterocycles. The van der Waals surface area contributed by atoms with E-state index in [1.165, 1.54) is 23.9 Å². The Morgan fingerprint density at radius 2 is 1.47 bits per heavy atom. The molecule has 0 spiro atoms. The Balaban J connectivity index is 1.28. The molecule has 0 bridgehead atoms. The monoisotopic (exact) mass is 476 g/mol. The van der Waals surface area contributed by atoms with Crippen LogP contribution in [0.1, 0.15) is 25.3 Å². The summed E-state index contributed by atoms with van der Waals surface area (Å²) in [6.45, 7) is 7.06. The Hall–Kier alpha value is -2.82. The molecule has 0 N–H and O–H groups in total. The van der Waals surface area contributed by atoms with Crippen molar-refractivity contribution in [1.29, 1.82) is 0 Å². The first-order valence-electron chi connectivity index (χ1n) is 12.0. The molecule has 0 aromatic heterocycles. The maximum atomic E-state index is 12.6. The average Bonchev–Trinajstić information content (AvgIpc) is 2.89. The van der Waals surface area contributed by atoms with Gasteiger partial charge in [-0.05, 0) is 67.3 Å². The van der Waals surface area contributed by atoms with Gasteiger partial charge in [-0.25, -0.2) is 0 Å². The van der Waals surface area contributed by atoms with Crippen molar-refractivity contribution in [3.8, 4) is 11.1 Å². The highest BCUT2D eigenvalue weighted by molar-refractivity contribution is 6.30. The quantitative estimate of drug-likeness (QED) is 0.371. The molecule has 178 valence electrons. The van der Waals surface area contributed by atoms with Crippen LogP contribution in [0, 0.1) is 0 Å². The summed E-state index contributed by atoms with van der Waals surface area (Å²) in [5.74, 6) is -0.162. The zero-order valence-corrected chi connectivity index (χ0v) is 20.8. The fraction of sp³-hybridized carbons (Fsp3) is 0.345. The number of hydrogen-bond donors (Lipinski definition) is 0. The summed E-state index contributed by atoms with van der Waals surface area (Å²) in [5.41, 5.74) is 4.05. The van der Waals surface area contributed by atoms with Crippen LogP contribution in [-0.4, -0.2) is 50.7 Å². The Kier molecular flexibility index (Phi) is 7.91. The highest BCUT2D eigenvalue weighted by Crippen LogP contribution is 2.31. The molecular weight excluding hydrogens is 444 g/mol. The maximum absolute atomic E-state index is 12.6. The number of hydrogen-bond acceptors (Lipinski definition) is 4. The Morgan fingerprint density at radius 3 is 2.06 bits per heavy atom. The van der Waals surface area contributed by atoms with Gasteiger partial charge in [-0.2, -0.15) is 0 Å². The van der Waals surface area contributed by atoms with Crippen LogP contribution in [0.5, 0.6) is 0 Å². The third-order valence-electron chi connectivity index (χ3n) is 6.98. The predicted molar refractivity (Wildman–Crippen MR) is 141 cm³/mol. The first-order chi connectivity index (χ1) is 16.5. The molecule has 5 heteroatoms. The number of methoxy groups -OCH3 is 1. The van der Waals surface area contributed by atoms with E-state index in [-0.39, 0.29) is 5.97 Å². The Bertz CT molecular complexity index is 1060. The number of anilines is 1. The van der Waals surface area contributed by atoms with Crippen LogP contribution in [0.25, 0.3) is 11.1 Å². The number of carbonyl (C=O) groups excluding carboxylic acids is 1. The first kappa shape index (κ1) is 24.3. The lowest BCUT2D eigenvalue weighted by Gasteiger charge is -2.36. The first-order valence-corrected chi connectivity index (χ1v) is 12.3. The second-order valence-electron chi connectivity index (χ2n) is 9.18. The zero-order chi connectivity index (χ0) is 24.0. The van der Waals surface area contributed by atoms with Crippen LogP contribution in [-0.2, 0) is 14.9 Å². The minimum absolute atomic E-state index is 0.162. The van der Waals surface area contributed by atoms with Crippen LogP contribution in [0.3, 0.4) is 0 Å². The standard InChI is InChI=1S/C29H33ClN2O2/c1-29(28(33)34-2,25-7-4-3-5-8-25)17-6-18-31-19-21-32(22-20-31)27-15-11-24(12-16-27)23-9-13-26(30)14-10-23/h3-5,7-16H,6,17-22H2,1-2H3. The Morgan fingerprint density at radius 1 is 0.882 bits per heavy atom. The van der Waals surface area contributed by atoms with Gasteiger partial charge in [0.2, 0.25) is 0 Å². The minimum atomic E-state index is -0.607. The van der Waals surface area contributed by atoms with E-state index in [4.69, 9.17) is 16.3 Å². The topological polar surface area (TPSA) is 32.8 Å². The van der Waals surface area contributed by atoms with Gasteiger partial charge in [-0.15, -0.1) is 0 Å². The highest BCUT2D eigenvalue weighted by atomic mass is 35.5. The van der Waals surface area contributed by atoms with Crippen molar-refractivity contribution in [2.24, 2.45) is 0 Å². The molecular formula is C29H33ClN2O2. The molecule has 3 aromatic carbocycles. The molecule has 1 heterocycles. The fourth-order valence-corrected chi connectivity index (χ4v) is 4.91. The number of esters is 1. The fourth-order valence-electron chi connectivity index (χ4n) is 4.79. The maximum Gasteiger partial charge on any atom is 0.315 e. The van der Waals surface area contributed by atoms with Gasteiger partial charge < -0.3 is 9.64 Å². The molecule has 0 radical (unpaired) electrons. The van der Waals surface area contributed by atoms with Gasteiger partial charge >= 0.3 is 5.97 Å². The van der Waals surface area contributed by atoms with Crippen LogP contribution < -0.4 is 4.90 Å². The van der Waals surface area contributed by atoms with E-state index in [1.54, 1.807) is 0 Å². The van der Waals surface area contributed by atoms with Gasteiger partial charge in [0.25, 0.3) is 0 Å². The molecule has 1 aliphatic heterocycles. The van der Waals surface area contributed by atoms with Crippen molar-refractivity contribution in [3.05, 3.63) is 89.4 Å². The lowest BCUT2D eigenvalue weighted by Crippen LogP contribution is -2.47. The molecule has 4 nitrogen and oxygen atoms in total. The number of halogens is 1. The molecule has 0 saturated carbocycles. The van der Waals surface area contributed by atoms with Gasteiger partial charge in [0.1, 0.15) is 0 Å². The smallest absolute Gasteiger partial charge is 0.315 e. The van der Waals surface area contributed by atoms with E-state index >= 15 is 0 Å². The van der Waals surface area contributed by atoms with E-state index in [0.29, 0.717) is 0 Å². The summed E-state index contributed by atoms with van der Waals surface area (Å²) in [4.78, 5) is 17.5. The van der Waals surface area contributed by atoms with Gasteiger partial charge in [-0.3, -0.25) is 9.69 Å². The Labute approximate surface area is 208 Å². The number of carbonyl (C=O) groups is 1. The highest BCUT2D eigenvalue weighted by Gasteiger charge is 2.36. The lowest BCUT2D eigenvalue weighted by molar-refractivity contribution is -0.147. The zero-order valence-electron chi connectivity index (χ0n) is 20.0. The number of rotatable bonds is 8. The predicted octanol–water partition coefficient (Wildman–Crippen LogP) is 6.04.